The number of hydrogen-bond acceptors (Lipinski definition) is 3. The lowest BCUT2D eigenvalue weighted by atomic mass is 10.00. The predicted molar refractivity (Wildman–Crippen MR) is 68.4 cm³/mol. The zero-order chi connectivity index (χ0) is 12.3. The highest BCUT2D eigenvalue weighted by atomic mass is 32.1. The Labute approximate surface area is 105 Å². The summed E-state index contributed by atoms with van der Waals surface area (Å²) >= 11 is 1.33. The molecule has 17 heavy (non-hydrogen) atoms. The summed E-state index contributed by atoms with van der Waals surface area (Å²) in [5.41, 5.74) is 0. The number of rotatable bonds is 4. The van der Waals surface area contributed by atoms with E-state index in [0.29, 0.717) is 0 Å². The van der Waals surface area contributed by atoms with E-state index in [2.05, 4.69) is 6.92 Å². The molecule has 1 aliphatic heterocycles. The van der Waals surface area contributed by atoms with Crippen molar-refractivity contribution in [2.45, 2.75) is 45.2 Å². The first-order valence-corrected chi connectivity index (χ1v) is 7.10. The van der Waals surface area contributed by atoms with Crippen LogP contribution in [0.15, 0.2) is 12.1 Å². The standard InChI is InChI=1S/C12H18N2O2S/c1-2-10-5-3-4-8-13(10)9-11-6-7-12(17-11)14(15)16/h6-7,10H,2-5,8-9H2,1H3/p+1/t10-/m1/s1. The Morgan fingerprint density at radius 2 is 2.35 bits per heavy atom. The normalized spacial score (nSPS) is 24.8. The Morgan fingerprint density at radius 3 is 3.00 bits per heavy atom. The van der Waals surface area contributed by atoms with Crippen LogP contribution < -0.4 is 4.90 Å². The Hall–Kier alpha value is -0.940. The minimum absolute atomic E-state index is 0.268. The van der Waals surface area contributed by atoms with Gasteiger partial charge in [-0.25, -0.2) is 0 Å². The molecule has 0 saturated carbocycles. The van der Waals surface area contributed by atoms with Gasteiger partial charge >= 0.3 is 5.00 Å². The molecule has 0 aromatic carbocycles. The summed E-state index contributed by atoms with van der Waals surface area (Å²) in [7, 11) is 0. The van der Waals surface area contributed by atoms with Gasteiger partial charge in [-0.15, -0.1) is 0 Å². The molecule has 2 atom stereocenters. The van der Waals surface area contributed by atoms with Gasteiger partial charge in [0, 0.05) is 6.07 Å². The number of quaternary nitrogens is 1. The molecule has 4 nitrogen and oxygen atoms in total. The Morgan fingerprint density at radius 1 is 1.53 bits per heavy atom. The molecule has 0 amide bonds. The third kappa shape index (κ3) is 3.04. The third-order valence-electron chi connectivity index (χ3n) is 3.60. The first-order chi connectivity index (χ1) is 8.20. The smallest absolute Gasteiger partial charge is 0.324 e. The summed E-state index contributed by atoms with van der Waals surface area (Å²) in [6, 6.07) is 4.28. The van der Waals surface area contributed by atoms with Crippen LogP contribution in [0, 0.1) is 10.1 Å². The van der Waals surface area contributed by atoms with Crippen molar-refractivity contribution in [1.82, 2.24) is 0 Å². The highest BCUT2D eigenvalue weighted by Gasteiger charge is 2.25. The first-order valence-electron chi connectivity index (χ1n) is 6.28. The van der Waals surface area contributed by atoms with E-state index in [-0.39, 0.29) is 9.92 Å². The maximum absolute atomic E-state index is 10.6. The molecule has 2 rings (SSSR count). The van der Waals surface area contributed by atoms with E-state index >= 15 is 0 Å². The summed E-state index contributed by atoms with van der Waals surface area (Å²) < 4.78 is 0. The van der Waals surface area contributed by atoms with Crippen LogP contribution in [-0.4, -0.2) is 17.5 Å². The van der Waals surface area contributed by atoms with E-state index in [1.807, 2.05) is 6.07 Å². The molecule has 0 aliphatic carbocycles. The molecular formula is C12H19N2O2S+. The van der Waals surface area contributed by atoms with Crippen LogP contribution in [-0.2, 0) is 6.54 Å². The molecule has 1 unspecified atom stereocenters. The topological polar surface area (TPSA) is 47.6 Å². The molecule has 94 valence electrons. The number of nitro groups is 1. The number of likely N-dealkylation sites (tertiary alicyclic amines) is 1. The van der Waals surface area contributed by atoms with Gasteiger partial charge in [0.15, 0.2) is 0 Å². The highest BCUT2D eigenvalue weighted by Crippen LogP contribution is 2.23. The van der Waals surface area contributed by atoms with Crippen molar-refractivity contribution in [2.75, 3.05) is 6.54 Å². The zero-order valence-electron chi connectivity index (χ0n) is 10.1. The van der Waals surface area contributed by atoms with Crippen molar-refractivity contribution in [3.8, 4) is 0 Å². The fourth-order valence-electron chi connectivity index (χ4n) is 2.66. The van der Waals surface area contributed by atoms with Gasteiger partial charge in [-0.1, -0.05) is 18.3 Å². The molecule has 1 aliphatic rings. The van der Waals surface area contributed by atoms with E-state index in [1.54, 1.807) is 11.0 Å². The van der Waals surface area contributed by atoms with Crippen LogP contribution in [0.25, 0.3) is 0 Å². The fourth-order valence-corrected chi connectivity index (χ4v) is 3.53. The van der Waals surface area contributed by atoms with Crippen LogP contribution in [0.2, 0.25) is 0 Å². The second kappa shape index (κ2) is 5.60. The molecule has 5 heteroatoms. The molecule has 1 saturated heterocycles. The van der Waals surface area contributed by atoms with Crippen molar-refractivity contribution >= 4 is 16.3 Å². The summed E-state index contributed by atoms with van der Waals surface area (Å²) in [6.07, 6.45) is 5.15. The fraction of sp³-hybridized carbons (Fsp3) is 0.667. The number of nitrogens with one attached hydrogen (secondary N) is 1. The summed E-state index contributed by atoms with van der Waals surface area (Å²) in [5.74, 6) is 0. The van der Waals surface area contributed by atoms with Gasteiger partial charge in [-0.05, 0) is 31.7 Å². The van der Waals surface area contributed by atoms with Crippen LogP contribution in [0.1, 0.15) is 37.5 Å². The van der Waals surface area contributed by atoms with Gasteiger partial charge < -0.3 is 4.90 Å². The van der Waals surface area contributed by atoms with Crippen LogP contribution in [0.3, 0.4) is 0 Å². The molecule has 1 fully saturated rings. The van der Waals surface area contributed by atoms with Crippen molar-refractivity contribution in [2.24, 2.45) is 0 Å². The zero-order valence-corrected chi connectivity index (χ0v) is 11.0. The molecule has 1 aromatic heterocycles. The number of piperidine rings is 1. The molecular weight excluding hydrogens is 236 g/mol. The van der Waals surface area contributed by atoms with Gasteiger partial charge in [-0.2, -0.15) is 0 Å². The van der Waals surface area contributed by atoms with E-state index < -0.39 is 0 Å². The first kappa shape index (κ1) is 12.5. The van der Waals surface area contributed by atoms with Crippen molar-refractivity contribution in [3.63, 3.8) is 0 Å². The van der Waals surface area contributed by atoms with E-state index in [4.69, 9.17) is 0 Å². The summed E-state index contributed by atoms with van der Waals surface area (Å²) in [5, 5.41) is 10.9. The summed E-state index contributed by atoms with van der Waals surface area (Å²) in [4.78, 5) is 13.1. The highest BCUT2D eigenvalue weighted by molar-refractivity contribution is 7.15. The van der Waals surface area contributed by atoms with Crippen molar-refractivity contribution in [1.29, 1.82) is 0 Å². The number of nitrogens with zero attached hydrogens (tertiary/aromatic N) is 1. The second-order valence-electron chi connectivity index (χ2n) is 4.68. The lowest BCUT2D eigenvalue weighted by molar-refractivity contribution is -0.943. The van der Waals surface area contributed by atoms with E-state index in [1.165, 1.54) is 43.6 Å². The van der Waals surface area contributed by atoms with Gasteiger partial charge in [-0.3, -0.25) is 10.1 Å². The minimum Gasteiger partial charge on any atom is -0.328 e. The quantitative estimate of drug-likeness (QED) is 0.661. The molecule has 0 spiro atoms. The SMILES string of the molecule is CC[C@@H]1CCCC[NH+]1Cc1ccc([N+](=O)[O-])s1. The van der Waals surface area contributed by atoms with Gasteiger partial charge in [0.1, 0.15) is 6.54 Å². The minimum atomic E-state index is -0.295. The van der Waals surface area contributed by atoms with Gasteiger partial charge in [0.2, 0.25) is 0 Å². The predicted octanol–water partition coefficient (Wildman–Crippen LogP) is 2.00. The largest absolute Gasteiger partial charge is 0.328 e. The van der Waals surface area contributed by atoms with Crippen LogP contribution >= 0.6 is 11.3 Å². The van der Waals surface area contributed by atoms with Crippen LogP contribution in [0.5, 0.6) is 0 Å². The monoisotopic (exact) mass is 255 g/mol. The summed E-state index contributed by atoms with van der Waals surface area (Å²) in [6.45, 7) is 4.41. The maximum atomic E-state index is 10.6. The number of hydrogen-bond donors (Lipinski definition) is 1. The lowest BCUT2D eigenvalue weighted by Crippen LogP contribution is -3.15. The second-order valence-corrected chi connectivity index (χ2v) is 5.83. The maximum Gasteiger partial charge on any atom is 0.324 e. The lowest BCUT2D eigenvalue weighted by Gasteiger charge is -2.31. The van der Waals surface area contributed by atoms with Crippen molar-refractivity contribution < 1.29 is 9.82 Å². The Bertz CT molecular complexity index is 392. The van der Waals surface area contributed by atoms with Crippen molar-refractivity contribution in [3.05, 3.63) is 27.1 Å². The molecule has 0 radical (unpaired) electrons. The van der Waals surface area contributed by atoms with E-state index in [9.17, 15) is 10.1 Å². The molecule has 0 bridgehead atoms. The molecule has 1 aromatic rings. The Balaban J connectivity index is 2.00. The van der Waals surface area contributed by atoms with E-state index in [0.717, 1.165) is 17.5 Å². The average molecular weight is 255 g/mol. The molecule has 1 N–H and O–H groups in total. The molecule has 2 heterocycles. The Kier molecular flexibility index (Phi) is 4.12. The van der Waals surface area contributed by atoms with Gasteiger partial charge in [0.05, 0.1) is 22.4 Å². The number of thiophene rings is 1. The third-order valence-corrected chi connectivity index (χ3v) is 4.64. The van der Waals surface area contributed by atoms with Crippen LogP contribution in [0.4, 0.5) is 5.00 Å². The van der Waals surface area contributed by atoms with Gasteiger partial charge in [0.25, 0.3) is 0 Å². The average Bonchev–Trinajstić information content (AvgIpc) is 2.78.